The number of hydrogen-bond donors (Lipinski definition) is 0. The molecule has 0 aromatic carbocycles. The van der Waals surface area contributed by atoms with Gasteiger partial charge in [-0.2, -0.15) is 0 Å². The lowest BCUT2D eigenvalue weighted by molar-refractivity contribution is -0.117. The molecule has 0 aliphatic carbocycles. The van der Waals surface area contributed by atoms with E-state index in [0.29, 0.717) is 30.8 Å². The Labute approximate surface area is 120 Å². The first-order chi connectivity index (χ1) is 9.02. The monoisotopic (exact) mass is 326 g/mol. The summed E-state index contributed by atoms with van der Waals surface area (Å²) < 4.78 is 4.94. The molecule has 1 aromatic heterocycles. The lowest BCUT2D eigenvalue weighted by Gasteiger charge is -2.18. The fourth-order valence-corrected chi connectivity index (χ4v) is 2.58. The van der Waals surface area contributed by atoms with E-state index in [-0.39, 0.29) is 10.7 Å². The van der Waals surface area contributed by atoms with Gasteiger partial charge in [0, 0.05) is 24.0 Å². The van der Waals surface area contributed by atoms with Crippen LogP contribution < -0.4 is 4.90 Å². The summed E-state index contributed by atoms with van der Waals surface area (Å²) in [5.74, 6) is -0.383. The van der Waals surface area contributed by atoms with Crippen molar-refractivity contribution in [2.75, 3.05) is 18.1 Å². The van der Waals surface area contributed by atoms with Gasteiger partial charge in [-0.05, 0) is 19.9 Å². The standard InChI is InChI=1S/C13H15BrN2O3/c1-3-19-13(18)9-4-11(8(2)15-6-9)16-7-10(14)5-12(16)17/h4,6,10H,3,5,7H2,1-2H3. The zero-order valence-electron chi connectivity index (χ0n) is 10.9. The number of aryl methyl sites for hydroxylation is 1. The molecule has 0 spiro atoms. The van der Waals surface area contributed by atoms with Crippen LogP contribution in [-0.2, 0) is 9.53 Å². The zero-order valence-corrected chi connectivity index (χ0v) is 12.4. The number of ether oxygens (including phenoxy) is 1. The molecule has 0 radical (unpaired) electrons. The number of rotatable bonds is 3. The molecule has 1 aromatic rings. The van der Waals surface area contributed by atoms with Crippen molar-refractivity contribution >= 4 is 33.5 Å². The number of hydrogen-bond acceptors (Lipinski definition) is 4. The highest BCUT2D eigenvalue weighted by molar-refractivity contribution is 9.09. The molecule has 19 heavy (non-hydrogen) atoms. The van der Waals surface area contributed by atoms with E-state index in [1.54, 1.807) is 17.9 Å². The van der Waals surface area contributed by atoms with Crippen molar-refractivity contribution in [3.63, 3.8) is 0 Å². The van der Waals surface area contributed by atoms with E-state index in [9.17, 15) is 9.59 Å². The van der Waals surface area contributed by atoms with Crippen molar-refractivity contribution in [2.24, 2.45) is 0 Å². The molecule has 1 fully saturated rings. The summed E-state index contributed by atoms with van der Waals surface area (Å²) in [7, 11) is 0. The number of nitrogens with zero attached hydrogens (tertiary/aromatic N) is 2. The summed E-state index contributed by atoms with van der Waals surface area (Å²) in [5.41, 5.74) is 1.77. The molecule has 1 atom stereocenters. The molecule has 2 heterocycles. The molecule has 1 unspecified atom stereocenters. The van der Waals surface area contributed by atoms with E-state index in [2.05, 4.69) is 20.9 Å². The molecule has 0 N–H and O–H groups in total. The molecule has 1 saturated heterocycles. The Morgan fingerprint density at radius 2 is 2.37 bits per heavy atom. The van der Waals surface area contributed by atoms with Gasteiger partial charge in [0.15, 0.2) is 0 Å². The molecule has 2 rings (SSSR count). The van der Waals surface area contributed by atoms with Crippen molar-refractivity contribution in [2.45, 2.75) is 25.1 Å². The number of halogens is 1. The van der Waals surface area contributed by atoms with E-state index >= 15 is 0 Å². The maximum Gasteiger partial charge on any atom is 0.339 e. The van der Waals surface area contributed by atoms with E-state index in [1.807, 2.05) is 6.92 Å². The number of amides is 1. The summed E-state index contributed by atoms with van der Waals surface area (Å²) in [6.07, 6.45) is 1.94. The zero-order chi connectivity index (χ0) is 14.0. The van der Waals surface area contributed by atoms with Gasteiger partial charge in [0.05, 0.1) is 23.6 Å². The van der Waals surface area contributed by atoms with Crippen LogP contribution in [0.25, 0.3) is 0 Å². The highest BCUT2D eigenvalue weighted by Gasteiger charge is 2.30. The van der Waals surface area contributed by atoms with Gasteiger partial charge in [-0.15, -0.1) is 0 Å². The second kappa shape index (κ2) is 5.69. The maximum atomic E-state index is 11.9. The fraction of sp³-hybridized carbons (Fsp3) is 0.462. The van der Waals surface area contributed by atoms with Crippen molar-refractivity contribution in [3.8, 4) is 0 Å². The first-order valence-electron chi connectivity index (χ1n) is 6.11. The third-order valence-corrected chi connectivity index (χ3v) is 3.55. The van der Waals surface area contributed by atoms with Gasteiger partial charge in [0.2, 0.25) is 5.91 Å². The van der Waals surface area contributed by atoms with Crippen molar-refractivity contribution in [1.29, 1.82) is 0 Å². The van der Waals surface area contributed by atoms with Crippen LogP contribution in [0.2, 0.25) is 0 Å². The third kappa shape index (κ3) is 2.94. The number of alkyl halides is 1. The van der Waals surface area contributed by atoms with Gasteiger partial charge in [-0.3, -0.25) is 9.78 Å². The average Bonchev–Trinajstić information content (AvgIpc) is 2.69. The number of carbonyl (C=O) groups excluding carboxylic acids is 2. The van der Waals surface area contributed by atoms with Gasteiger partial charge >= 0.3 is 5.97 Å². The normalized spacial score (nSPS) is 18.8. The van der Waals surface area contributed by atoms with Crippen LogP contribution in [-0.4, -0.2) is 34.8 Å². The first kappa shape index (κ1) is 14.0. The van der Waals surface area contributed by atoms with Gasteiger partial charge in [0.1, 0.15) is 0 Å². The summed E-state index contributed by atoms with van der Waals surface area (Å²) in [6, 6.07) is 1.67. The molecule has 1 aliphatic rings. The predicted octanol–water partition coefficient (Wildman–Crippen LogP) is 2.07. The molecule has 102 valence electrons. The Morgan fingerprint density at radius 3 is 2.95 bits per heavy atom. The van der Waals surface area contributed by atoms with Gasteiger partial charge in [-0.25, -0.2) is 4.79 Å². The number of esters is 1. The Hall–Kier alpha value is -1.43. The van der Waals surface area contributed by atoms with Crippen LogP contribution in [0.4, 0.5) is 5.69 Å². The van der Waals surface area contributed by atoms with Gasteiger partial charge in [-0.1, -0.05) is 15.9 Å². The smallest absolute Gasteiger partial charge is 0.339 e. The highest BCUT2D eigenvalue weighted by atomic mass is 79.9. The Bertz CT molecular complexity index is 519. The minimum Gasteiger partial charge on any atom is -0.462 e. The molecule has 1 amide bonds. The second-order valence-corrected chi connectivity index (χ2v) is 5.65. The van der Waals surface area contributed by atoms with E-state index in [4.69, 9.17) is 4.74 Å². The minimum atomic E-state index is -0.418. The average molecular weight is 327 g/mol. The molecular formula is C13H15BrN2O3. The first-order valence-corrected chi connectivity index (χ1v) is 7.02. The van der Waals surface area contributed by atoms with Crippen molar-refractivity contribution in [1.82, 2.24) is 4.98 Å². The summed E-state index contributed by atoms with van der Waals surface area (Å²) in [5, 5.41) is 0. The Balaban J connectivity index is 2.32. The molecule has 0 saturated carbocycles. The number of pyridine rings is 1. The van der Waals surface area contributed by atoms with E-state index in [0.717, 1.165) is 5.69 Å². The Kier molecular flexibility index (Phi) is 4.19. The van der Waals surface area contributed by atoms with Crippen LogP contribution >= 0.6 is 15.9 Å². The number of anilines is 1. The quantitative estimate of drug-likeness (QED) is 0.630. The summed E-state index contributed by atoms with van der Waals surface area (Å²) in [4.78, 5) is 29.6. The number of aromatic nitrogens is 1. The van der Waals surface area contributed by atoms with Crippen molar-refractivity contribution < 1.29 is 14.3 Å². The topological polar surface area (TPSA) is 59.5 Å². The third-order valence-electron chi connectivity index (χ3n) is 2.94. The largest absolute Gasteiger partial charge is 0.462 e. The predicted molar refractivity (Wildman–Crippen MR) is 74.6 cm³/mol. The van der Waals surface area contributed by atoms with Crippen LogP contribution in [0.1, 0.15) is 29.4 Å². The van der Waals surface area contributed by atoms with Gasteiger partial charge in [0.25, 0.3) is 0 Å². The summed E-state index contributed by atoms with van der Waals surface area (Å²) in [6.45, 7) is 4.47. The summed E-state index contributed by atoms with van der Waals surface area (Å²) >= 11 is 3.44. The second-order valence-electron chi connectivity index (χ2n) is 4.35. The van der Waals surface area contributed by atoms with Crippen LogP contribution in [0.15, 0.2) is 12.3 Å². The van der Waals surface area contributed by atoms with Crippen LogP contribution in [0, 0.1) is 6.92 Å². The molecule has 0 bridgehead atoms. The highest BCUT2D eigenvalue weighted by Crippen LogP contribution is 2.27. The Morgan fingerprint density at radius 1 is 1.63 bits per heavy atom. The molecule has 1 aliphatic heterocycles. The maximum absolute atomic E-state index is 11.9. The van der Waals surface area contributed by atoms with E-state index in [1.165, 1.54) is 6.20 Å². The van der Waals surface area contributed by atoms with Crippen LogP contribution in [0.3, 0.4) is 0 Å². The molecular weight excluding hydrogens is 312 g/mol. The number of carbonyl (C=O) groups is 2. The minimum absolute atomic E-state index is 0.0350. The van der Waals surface area contributed by atoms with Crippen molar-refractivity contribution in [3.05, 3.63) is 23.5 Å². The van der Waals surface area contributed by atoms with E-state index < -0.39 is 5.97 Å². The molecule has 6 heteroatoms. The fourth-order valence-electron chi connectivity index (χ4n) is 2.02. The van der Waals surface area contributed by atoms with Gasteiger partial charge < -0.3 is 9.64 Å². The molecule has 5 nitrogen and oxygen atoms in total. The lowest BCUT2D eigenvalue weighted by Crippen LogP contribution is -2.26. The SMILES string of the molecule is CCOC(=O)c1cnc(C)c(N2CC(Br)CC2=O)c1. The van der Waals surface area contributed by atoms with Crippen LogP contribution in [0.5, 0.6) is 0 Å². The lowest BCUT2D eigenvalue weighted by atomic mass is 10.2.